The first kappa shape index (κ1) is 24.5. The topological polar surface area (TPSA) is 112 Å². The zero-order valence-electron chi connectivity index (χ0n) is 18.7. The molecule has 0 saturated heterocycles. The van der Waals surface area contributed by atoms with E-state index in [1.54, 1.807) is 33.3 Å². The number of benzene rings is 2. The molecule has 2 aromatic carbocycles. The van der Waals surface area contributed by atoms with Gasteiger partial charge in [-0.15, -0.1) is 0 Å². The second kappa shape index (κ2) is 11.6. The Morgan fingerprint density at radius 2 is 2.00 bits per heavy atom. The minimum Gasteiger partial charge on any atom is -0.497 e. The predicted molar refractivity (Wildman–Crippen MR) is 128 cm³/mol. The summed E-state index contributed by atoms with van der Waals surface area (Å²) in [5.41, 5.74) is 9.46. The van der Waals surface area contributed by atoms with Crippen molar-refractivity contribution < 1.29 is 18.8 Å². The van der Waals surface area contributed by atoms with Gasteiger partial charge in [-0.1, -0.05) is 35.0 Å². The summed E-state index contributed by atoms with van der Waals surface area (Å²) in [5, 5.41) is 10.5. The molecule has 0 bridgehead atoms. The molecule has 9 heteroatoms. The van der Waals surface area contributed by atoms with Crippen molar-refractivity contribution in [1.29, 1.82) is 0 Å². The summed E-state index contributed by atoms with van der Waals surface area (Å²) in [7, 11) is 3.22. The van der Waals surface area contributed by atoms with Crippen LogP contribution in [-0.2, 0) is 11.3 Å². The van der Waals surface area contributed by atoms with Crippen molar-refractivity contribution >= 4 is 23.6 Å². The number of methoxy groups -OCH3 is 2. The third-order valence-corrected chi connectivity index (χ3v) is 5.04. The van der Waals surface area contributed by atoms with E-state index < -0.39 is 12.2 Å². The summed E-state index contributed by atoms with van der Waals surface area (Å²) in [4.78, 5) is 12.9. The Balaban J connectivity index is 1.65. The van der Waals surface area contributed by atoms with Gasteiger partial charge in [0.2, 0.25) is 0 Å². The molecule has 0 aliphatic carbocycles. The Bertz CT molecular complexity index is 1110. The molecular formula is C24H27ClN4O4. The number of hydrogen-bond acceptors (Lipinski definition) is 7. The molecule has 0 spiro atoms. The lowest BCUT2D eigenvalue weighted by Crippen LogP contribution is -2.51. The molecular weight excluding hydrogens is 444 g/mol. The number of nitrogens with zero attached hydrogens (tertiary/aromatic N) is 1. The maximum Gasteiger partial charge on any atom is 0.259 e. The molecule has 1 heterocycles. The molecule has 0 radical (unpaired) electrons. The van der Waals surface area contributed by atoms with Gasteiger partial charge in [-0.25, -0.2) is 0 Å². The first-order valence-corrected chi connectivity index (χ1v) is 10.6. The number of aromatic nitrogens is 1. The molecule has 3 aromatic rings. The lowest BCUT2D eigenvalue weighted by Gasteiger charge is -2.16. The van der Waals surface area contributed by atoms with Crippen molar-refractivity contribution in [2.45, 2.75) is 19.8 Å². The maximum absolute atomic E-state index is 12.9. The first-order chi connectivity index (χ1) is 15.9. The van der Waals surface area contributed by atoms with E-state index in [4.69, 9.17) is 31.3 Å². The number of carbonyl (C=O) groups is 1. The zero-order chi connectivity index (χ0) is 23.8. The molecule has 4 N–H and O–H groups in total. The van der Waals surface area contributed by atoms with Gasteiger partial charge in [0.05, 0.1) is 13.7 Å². The van der Waals surface area contributed by atoms with Crippen molar-refractivity contribution in [3.8, 4) is 17.0 Å². The highest BCUT2D eigenvalue weighted by Gasteiger charge is 2.23. The lowest BCUT2D eigenvalue weighted by atomic mass is 10.1. The Labute approximate surface area is 197 Å². The fourth-order valence-electron chi connectivity index (χ4n) is 3.23. The second-order valence-electron chi connectivity index (χ2n) is 7.27. The molecule has 0 saturated carbocycles. The number of rotatable bonds is 10. The molecule has 1 amide bonds. The summed E-state index contributed by atoms with van der Waals surface area (Å²) in [6.07, 6.45) is 3.02. The fourth-order valence-corrected chi connectivity index (χ4v) is 3.50. The van der Waals surface area contributed by atoms with Gasteiger partial charge in [0.15, 0.2) is 0 Å². The largest absolute Gasteiger partial charge is 0.497 e. The van der Waals surface area contributed by atoms with Crippen LogP contribution in [0.5, 0.6) is 5.75 Å². The number of nitrogens with two attached hydrogens (primary N) is 1. The van der Waals surface area contributed by atoms with Gasteiger partial charge >= 0.3 is 0 Å². The minimum absolute atomic E-state index is 0.325. The average molecular weight is 471 g/mol. The number of ether oxygens (including phenoxy) is 2. The van der Waals surface area contributed by atoms with Crippen molar-refractivity contribution in [3.05, 3.63) is 76.0 Å². The summed E-state index contributed by atoms with van der Waals surface area (Å²) in [6, 6.07) is 12.9. The van der Waals surface area contributed by atoms with E-state index in [2.05, 4.69) is 15.8 Å². The molecule has 0 aliphatic heterocycles. The van der Waals surface area contributed by atoms with Crippen LogP contribution < -0.4 is 21.1 Å². The summed E-state index contributed by atoms with van der Waals surface area (Å²) in [6.45, 7) is 2.59. The number of carbonyl (C=O) groups excluding carboxylic acids is 1. The van der Waals surface area contributed by atoms with Crippen LogP contribution in [0.2, 0.25) is 5.02 Å². The van der Waals surface area contributed by atoms with Crippen LogP contribution in [-0.4, -0.2) is 38.2 Å². The number of hydrogen-bond donors (Lipinski definition) is 3. The van der Waals surface area contributed by atoms with Crippen LogP contribution in [0, 0.1) is 6.92 Å². The lowest BCUT2D eigenvalue weighted by molar-refractivity contribution is 0.0929. The standard InChI is InChI=1S/C24H27ClN4O4/c1-15-21(22(29-33-15)18-6-8-20(32-3)9-7-18)23(30)28-24(26)27-14-17-11-16(5-4-10-31-2)12-19(25)13-17/h4-9,11-13,24,27H,10,14,26H2,1-3H3,(H,28,30). The molecule has 3 rings (SSSR count). The Morgan fingerprint density at radius 3 is 2.70 bits per heavy atom. The van der Waals surface area contributed by atoms with Crippen molar-refractivity contribution in [2.24, 2.45) is 5.73 Å². The number of halogens is 1. The molecule has 1 atom stereocenters. The van der Waals surface area contributed by atoms with Gasteiger partial charge in [-0.05, 0) is 54.4 Å². The maximum atomic E-state index is 12.9. The second-order valence-corrected chi connectivity index (χ2v) is 7.71. The third-order valence-electron chi connectivity index (χ3n) is 4.82. The number of amides is 1. The Morgan fingerprint density at radius 1 is 1.24 bits per heavy atom. The molecule has 8 nitrogen and oxygen atoms in total. The van der Waals surface area contributed by atoms with E-state index in [9.17, 15) is 4.79 Å². The van der Waals surface area contributed by atoms with E-state index in [0.29, 0.717) is 40.9 Å². The van der Waals surface area contributed by atoms with Crippen molar-refractivity contribution in [1.82, 2.24) is 15.8 Å². The molecule has 174 valence electrons. The van der Waals surface area contributed by atoms with E-state index in [1.165, 1.54) is 0 Å². The summed E-state index contributed by atoms with van der Waals surface area (Å²) < 4.78 is 15.5. The van der Waals surface area contributed by atoms with Gasteiger partial charge in [0.25, 0.3) is 5.91 Å². The highest BCUT2D eigenvalue weighted by atomic mass is 35.5. The summed E-state index contributed by atoms with van der Waals surface area (Å²) >= 11 is 6.22. The van der Waals surface area contributed by atoms with Gasteiger partial charge < -0.3 is 19.3 Å². The normalized spacial score (nSPS) is 12.2. The van der Waals surface area contributed by atoms with Crippen LogP contribution in [0.1, 0.15) is 27.2 Å². The minimum atomic E-state index is -0.804. The Hall–Kier alpha value is -3.17. The fraction of sp³-hybridized carbons (Fsp3) is 0.250. The quantitative estimate of drug-likeness (QED) is 0.387. The van der Waals surface area contributed by atoms with Crippen molar-refractivity contribution in [2.75, 3.05) is 20.8 Å². The van der Waals surface area contributed by atoms with Gasteiger partial charge in [-0.3, -0.25) is 15.8 Å². The number of nitrogens with one attached hydrogen (secondary N) is 2. The third kappa shape index (κ3) is 6.66. The number of aryl methyl sites for hydroxylation is 1. The average Bonchev–Trinajstić information content (AvgIpc) is 3.19. The molecule has 0 fully saturated rings. The molecule has 0 aliphatic rings. The Kier molecular flexibility index (Phi) is 8.62. The van der Waals surface area contributed by atoms with E-state index in [0.717, 1.165) is 16.7 Å². The van der Waals surface area contributed by atoms with Gasteiger partial charge in [-0.2, -0.15) is 0 Å². The van der Waals surface area contributed by atoms with E-state index in [1.807, 2.05) is 42.5 Å². The highest BCUT2D eigenvalue weighted by molar-refractivity contribution is 6.30. The van der Waals surface area contributed by atoms with Gasteiger partial charge in [0, 0.05) is 24.2 Å². The zero-order valence-corrected chi connectivity index (χ0v) is 19.5. The molecule has 1 aromatic heterocycles. The van der Waals surface area contributed by atoms with Crippen LogP contribution in [0.3, 0.4) is 0 Å². The van der Waals surface area contributed by atoms with Crippen LogP contribution in [0.25, 0.3) is 17.3 Å². The van der Waals surface area contributed by atoms with Crippen LogP contribution in [0.15, 0.2) is 53.1 Å². The van der Waals surface area contributed by atoms with E-state index >= 15 is 0 Å². The first-order valence-electron chi connectivity index (χ1n) is 10.3. The summed E-state index contributed by atoms with van der Waals surface area (Å²) in [5.74, 6) is 0.705. The molecule has 33 heavy (non-hydrogen) atoms. The monoisotopic (exact) mass is 470 g/mol. The SMILES string of the molecule is COCC=Cc1cc(Cl)cc(CNC(N)NC(=O)c2c(-c3ccc(OC)cc3)noc2C)c1. The smallest absolute Gasteiger partial charge is 0.259 e. The van der Waals surface area contributed by atoms with Crippen molar-refractivity contribution in [3.63, 3.8) is 0 Å². The predicted octanol–water partition coefficient (Wildman–Crippen LogP) is 3.73. The van der Waals surface area contributed by atoms with Crippen LogP contribution >= 0.6 is 11.6 Å². The van der Waals surface area contributed by atoms with Crippen LogP contribution in [0.4, 0.5) is 0 Å². The highest BCUT2D eigenvalue weighted by Crippen LogP contribution is 2.27. The van der Waals surface area contributed by atoms with Gasteiger partial charge in [0.1, 0.15) is 29.1 Å². The molecule has 1 unspecified atom stereocenters. The van der Waals surface area contributed by atoms with E-state index in [-0.39, 0.29) is 0 Å².